The average molecular weight is 389 g/mol. The SMILES string of the molecule is CCN1CCN(c2cccc3c2C(=O)N(CCCCOCC(=O)O)C3=O)CC1. The van der Waals surface area contributed by atoms with Crippen LogP contribution in [0.5, 0.6) is 0 Å². The lowest BCUT2D eigenvalue weighted by Gasteiger charge is -2.36. The minimum atomic E-state index is -1.01. The van der Waals surface area contributed by atoms with E-state index >= 15 is 0 Å². The summed E-state index contributed by atoms with van der Waals surface area (Å²) in [5.41, 5.74) is 1.83. The topological polar surface area (TPSA) is 90.4 Å². The maximum atomic E-state index is 13.0. The zero-order valence-electron chi connectivity index (χ0n) is 16.2. The first-order valence-electron chi connectivity index (χ1n) is 9.79. The number of imide groups is 1. The number of ether oxygens (including phenoxy) is 1. The van der Waals surface area contributed by atoms with Gasteiger partial charge in [0.2, 0.25) is 0 Å². The molecule has 2 aliphatic heterocycles. The van der Waals surface area contributed by atoms with Crippen LogP contribution in [0.15, 0.2) is 18.2 Å². The average Bonchev–Trinajstić information content (AvgIpc) is 2.95. The van der Waals surface area contributed by atoms with Gasteiger partial charge in [-0.3, -0.25) is 14.5 Å². The van der Waals surface area contributed by atoms with Crippen molar-refractivity contribution in [1.29, 1.82) is 0 Å². The Hall–Kier alpha value is -2.45. The molecule has 28 heavy (non-hydrogen) atoms. The number of fused-ring (bicyclic) bond motifs is 1. The van der Waals surface area contributed by atoms with E-state index in [2.05, 4.69) is 16.7 Å². The van der Waals surface area contributed by atoms with Crippen LogP contribution in [-0.4, -0.2) is 85.2 Å². The van der Waals surface area contributed by atoms with Crippen LogP contribution in [0.25, 0.3) is 0 Å². The molecule has 1 N–H and O–H groups in total. The van der Waals surface area contributed by atoms with Gasteiger partial charge >= 0.3 is 5.97 Å². The summed E-state index contributed by atoms with van der Waals surface area (Å²) < 4.78 is 4.99. The van der Waals surface area contributed by atoms with Crippen LogP contribution in [0, 0.1) is 0 Å². The summed E-state index contributed by atoms with van der Waals surface area (Å²) in [5.74, 6) is -1.49. The fourth-order valence-corrected chi connectivity index (χ4v) is 3.72. The van der Waals surface area contributed by atoms with E-state index in [0.29, 0.717) is 37.1 Å². The molecule has 0 aliphatic carbocycles. The molecule has 3 rings (SSSR count). The molecule has 0 bridgehead atoms. The maximum absolute atomic E-state index is 13.0. The van der Waals surface area contributed by atoms with Gasteiger partial charge in [-0.2, -0.15) is 0 Å². The molecule has 8 heteroatoms. The zero-order chi connectivity index (χ0) is 20.1. The quantitative estimate of drug-likeness (QED) is 0.503. The van der Waals surface area contributed by atoms with E-state index in [4.69, 9.17) is 9.84 Å². The van der Waals surface area contributed by atoms with Crippen molar-refractivity contribution in [2.75, 3.05) is 57.4 Å². The molecule has 2 aliphatic rings. The number of carboxylic acid groups (broad SMARTS) is 1. The fraction of sp³-hybridized carbons (Fsp3) is 0.550. The number of rotatable bonds is 9. The van der Waals surface area contributed by atoms with Gasteiger partial charge < -0.3 is 19.6 Å². The van der Waals surface area contributed by atoms with Gasteiger partial charge in [-0.1, -0.05) is 13.0 Å². The standard InChI is InChI=1S/C20H27N3O5/c1-2-21-9-11-22(12-10-21)16-7-5-6-15-18(16)20(27)23(19(15)26)8-3-4-13-28-14-17(24)25/h5-7H,2-4,8-14H2,1H3,(H,24,25). The van der Waals surface area contributed by atoms with Gasteiger partial charge in [0.25, 0.3) is 11.8 Å². The predicted molar refractivity (Wildman–Crippen MR) is 104 cm³/mol. The molecule has 2 heterocycles. The van der Waals surface area contributed by atoms with Gasteiger partial charge in [-0.05, 0) is 31.5 Å². The highest BCUT2D eigenvalue weighted by molar-refractivity contribution is 6.23. The van der Waals surface area contributed by atoms with Crippen molar-refractivity contribution in [2.24, 2.45) is 0 Å². The van der Waals surface area contributed by atoms with Crippen molar-refractivity contribution >= 4 is 23.5 Å². The van der Waals surface area contributed by atoms with Gasteiger partial charge in [0.05, 0.1) is 16.8 Å². The molecule has 0 aromatic heterocycles. The molecule has 0 spiro atoms. The van der Waals surface area contributed by atoms with Crippen molar-refractivity contribution in [2.45, 2.75) is 19.8 Å². The zero-order valence-corrected chi connectivity index (χ0v) is 16.2. The number of anilines is 1. The van der Waals surface area contributed by atoms with Gasteiger partial charge in [-0.25, -0.2) is 4.79 Å². The summed E-state index contributed by atoms with van der Waals surface area (Å²) in [7, 11) is 0. The van der Waals surface area contributed by atoms with Crippen LogP contribution in [0.3, 0.4) is 0 Å². The number of carbonyl (C=O) groups is 3. The van der Waals surface area contributed by atoms with Crippen molar-refractivity contribution in [1.82, 2.24) is 9.80 Å². The summed E-state index contributed by atoms with van der Waals surface area (Å²) in [5, 5.41) is 8.55. The third-order valence-corrected chi connectivity index (χ3v) is 5.28. The molecule has 1 fully saturated rings. The number of aliphatic carboxylic acids is 1. The first-order valence-corrected chi connectivity index (χ1v) is 9.79. The molecule has 0 unspecified atom stereocenters. The lowest BCUT2D eigenvalue weighted by Crippen LogP contribution is -2.46. The minimum Gasteiger partial charge on any atom is -0.480 e. The summed E-state index contributed by atoms with van der Waals surface area (Å²) in [6.45, 7) is 7.00. The van der Waals surface area contributed by atoms with E-state index in [-0.39, 0.29) is 18.4 Å². The predicted octanol–water partition coefficient (Wildman–Crippen LogP) is 1.31. The van der Waals surface area contributed by atoms with Crippen molar-refractivity contribution in [3.63, 3.8) is 0 Å². The van der Waals surface area contributed by atoms with E-state index < -0.39 is 5.97 Å². The number of hydrogen-bond acceptors (Lipinski definition) is 6. The Bertz CT molecular complexity index is 743. The molecule has 8 nitrogen and oxygen atoms in total. The van der Waals surface area contributed by atoms with Crippen LogP contribution in [0.2, 0.25) is 0 Å². The number of carbonyl (C=O) groups excluding carboxylic acids is 2. The number of likely N-dealkylation sites (N-methyl/N-ethyl adjacent to an activating group) is 1. The van der Waals surface area contributed by atoms with Crippen LogP contribution in [0.1, 0.15) is 40.5 Å². The van der Waals surface area contributed by atoms with Crippen LogP contribution in [0.4, 0.5) is 5.69 Å². The van der Waals surface area contributed by atoms with E-state index in [9.17, 15) is 14.4 Å². The minimum absolute atomic E-state index is 0.236. The summed E-state index contributed by atoms with van der Waals surface area (Å²) >= 11 is 0. The second kappa shape index (κ2) is 9.16. The number of nitrogens with zero attached hydrogens (tertiary/aromatic N) is 3. The molecule has 0 radical (unpaired) electrons. The first kappa shape index (κ1) is 20.3. The van der Waals surface area contributed by atoms with E-state index in [0.717, 1.165) is 38.4 Å². The third kappa shape index (κ3) is 4.34. The number of hydrogen-bond donors (Lipinski definition) is 1. The number of carboxylic acids is 1. The molecule has 0 saturated carbocycles. The Morgan fingerprint density at radius 1 is 1.11 bits per heavy atom. The summed E-state index contributed by atoms with van der Waals surface area (Å²) in [4.78, 5) is 42.0. The molecular weight excluding hydrogens is 362 g/mol. The molecule has 1 aromatic carbocycles. The highest BCUT2D eigenvalue weighted by atomic mass is 16.5. The Morgan fingerprint density at radius 3 is 2.54 bits per heavy atom. The van der Waals surface area contributed by atoms with Crippen molar-refractivity contribution in [3.05, 3.63) is 29.3 Å². The number of benzene rings is 1. The number of unbranched alkanes of at least 4 members (excludes halogenated alkanes) is 1. The first-order chi connectivity index (χ1) is 13.5. The molecule has 152 valence electrons. The Kier molecular flexibility index (Phi) is 6.64. The normalized spacial score (nSPS) is 17.3. The smallest absolute Gasteiger partial charge is 0.329 e. The monoisotopic (exact) mass is 389 g/mol. The highest BCUT2D eigenvalue weighted by Crippen LogP contribution is 2.32. The summed E-state index contributed by atoms with van der Waals surface area (Å²) in [6, 6.07) is 5.49. The molecule has 1 saturated heterocycles. The second-order valence-electron chi connectivity index (χ2n) is 7.04. The lowest BCUT2D eigenvalue weighted by molar-refractivity contribution is -0.142. The molecule has 0 atom stereocenters. The second-order valence-corrected chi connectivity index (χ2v) is 7.04. The van der Waals surface area contributed by atoms with Crippen LogP contribution >= 0.6 is 0 Å². The Morgan fingerprint density at radius 2 is 1.86 bits per heavy atom. The maximum Gasteiger partial charge on any atom is 0.329 e. The Balaban J connectivity index is 1.62. The van der Waals surface area contributed by atoms with Gasteiger partial charge in [0, 0.05) is 39.3 Å². The van der Waals surface area contributed by atoms with E-state index in [1.165, 1.54) is 4.90 Å². The summed E-state index contributed by atoms with van der Waals surface area (Å²) in [6.07, 6.45) is 1.17. The third-order valence-electron chi connectivity index (χ3n) is 5.28. The van der Waals surface area contributed by atoms with Gasteiger partial charge in [0.1, 0.15) is 6.61 Å². The highest BCUT2D eigenvalue weighted by Gasteiger charge is 2.38. The van der Waals surface area contributed by atoms with Gasteiger partial charge in [0.15, 0.2) is 0 Å². The molecule has 1 aromatic rings. The van der Waals surface area contributed by atoms with E-state index in [1.807, 2.05) is 12.1 Å². The molecule has 2 amide bonds. The van der Waals surface area contributed by atoms with Crippen LogP contribution in [-0.2, 0) is 9.53 Å². The largest absolute Gasteiger partial charge is 0.480 e. The molecular formula is C20H27N3O5. The van der Waals surface area contributed by atoms with Crippen molar-refractivity contribution < 1.29 is 24.2 Å². The Labute approximate surface area is 164 Å². The van der Waals surface area contributed by atoms with Crippen LogP contribution < -0.4 is 4.90 Å². The fourth-order valence-electron chi connectivity index (χ4n) is 3.72. The van der Waals surface area contributed by atoms with E-state index in [1.54, 1.807) is 6.07 Å². The lowest BCUT2D eigenvalue weighted by atomic mass is 10.1. The van der Waals surface area contributed by atoms with Crippen molar-refractivity contribution in [3.8, 4) is 0 Å². The number of amides is 2. The number of piperazine rings is 1. The van der Waals surface area contributed by atoms with Gasteiger partial charge in [-0.15, -0.1) is 0 Å².